The molecule has 202 valence electrons. The van der Waals surface area contributed by atoms with Crippen molar-refractivity contribution in [3.8, 4) is 11.5 Å². The van der Waals surface area contributed by atoms with E-state index in [1.54, 1.807) is 12.1 Å². The van der Waals surface area contributed by atoms with Gasteiger partial charge >= 0.3 is 24.1 Å². The molecular formula is C26H39NO9. The van der Waals surface area contributed by atoms with Crippen LogP contribution in [-0.4, -0.2) is 57.0 Å². The fraction of sp³-hybridized carbons (Fsp3) is 0.615. The summed E-state index contributed by atoms with van der Waals surface area (Å²) >= 11 is 0. The maximum Gasteiger partial charge on any atom is 0.508 e. The third kappa shape index (κ3) is 12.5. The highest BCUT2D eigenvalue weighted by Gasteiger charge is 2.21. The predicted octanol–water partition coefficient (Wildman–Crippen LogP) is 4.11. The number of ether oxygens (including phenoxy) is 5. The van der Waals surface area contributed by atoms with Gasteiger partial charge in [0.05, 0.1) is 13.7 Å². The summed E-state index contributed by atoms with van der Waals surface area (Å²) < 4.78 is 25.6. The fourth-order valence-electron chi connectivity index (χ4n) is 3.13. The number of carbonyl (C=O) groups is 4. The van der Waals surface area contributed by atoms with E-state index in [9.17, 15) is 19.2 Å². The minimum atomic E-state index is -0.758. The molecule has 0 aliphatic carbocycles. The van der Waals surface area contributed by atoms with Crippen molar-refractivity contribution in [2.24, 2.45) is 0 Å². The standard InChI is InChI=1S/C26H39NO9/c1-5-8-9-15-33-26(31)34-16-14-27-20(25(30)32-4)17-19-12-13-21(35-23(28)10-6-2)22(18-19)36-24(29)11-7-3/h12-13,18,20,27H,5-11,14-17H2,1-4H3/t20-/m0/s1. The van der Waals surface area contributed by atoms with Crippen LogP contribution in [0.1, 0.15) is 71.3 Å². The van der Waals surface area contributed by atoms with E-state index >= 15 is 0 Å². The minimum Gasteiger partial charge on any atom is -0.468 e. The highest BCUT2D eigenvalue weighted by molar-refractivity contribution is 5.77. The summed E-state index contributed by atoms with van der Waals surface area (Å²) in [5, 5.41) is 2.99. The molecule has 0 amide bonds. The molecule has 1 N–H and O–H groups in total. The van der Waals surface area contributed by atoms with Crippen molar-refractivity contribution >= 4 is 24.1 Å². The summed E-state index contributed by atoms with van der Waals surface area (Å²) in [6, 6.07) is 4.01. The molecule has 10 nitrogen and oxygen atoms in total. The first-order valence-corrected chi connectivity index (χ1v) is 12.5. The van der Waals surface area contributed by atoms with Gasteiger partial charge in [-0.05, 0) is 43.4 Å². The topological polar surface area (TPSA) is 126 Å². The van der Waals surface area contributed by atoms with Crippen LogP contribution >= 0.6 is 0 Å². The monoisotopic (exact) mass is 509 g/mol. The molecule has 0 aliphatic rings. The van der Waals surface area contributed by atoms with Crippen LogP contribution in [0.2, 0.25) is 0 Å². The Morgan fingerprint density at radius 1 is 0.833 bits per heavy atom. The van der Waals surface area contributed by atoms with Crippen LogP contribution in [0.3, 0.4) is 0 Å². The van der Waals surface area contributed by atoms with E-state index in [4.69, 9.17) is 23.7 Å². The summed E-state index contributed by atoms with van der Waals surface area (Å²) in [6.07, 6.45) is 3.86. The second-order valence-corrected chi connectivity index (χ2v) is 8.12. The van der Waals surface area contributed by atoms with Crippen LogP contribution in [0.15, 0.2) is 18.2 Å². The zero-order valence-electron chi connectivity index (χ0n) is 21.8. The van der Waals surface area contributed by atoms with Crippen molar-refractivity contribution in [3.05, 3.63) is 23.8 Å². The lowest BCUT2D eigenvalue weighted by atomic mass is 10.1. The van der Waals surface area contributed by atoms with Crippen LogP contribution in [0.4, 0.5) is 4.79 Å². The lowest BCUT2D eigenvalue weighted by Crippen LogP contribution is -2.41. The molecule has 0 saturated carbocycles. The Morgan fingerprint density at radius 2 is 1.47 bits per heavy atom. The number of hydrogen-bond donors (Lipinski definition) is 1. The highest BCUT2D eigenvalue weighted by atomic mass is 16.7. The van der Waals surface area contributed by atoms with Gasteiger partial charge in [-0.15, -0.1) is 0 Å². The lowest BCUT2D eigenvalue weighted by Gasteiger charge is -2.18. The molecular weight excluding hydrogens is 470 g/mol. The van der Waals surface area contributed by atoms with Crippen LogP contribution in [0.25, 0.3) is 0 Å². The van der Waals surface area contributed by atoms with E-state index in [-0.39, 0.29) is 43.9 Å². The second-order valence-electron chi connectivity index (χ2n) is 8.12. The Labute approximate surface area is 212 Å². The molecule has 10 heteroatoms. The van der Waals surface area contributed by atoms with Gasteiger partial charge in [-0.2, -0.15) is 0 Å². The van der Waals surface area contributed by atoms with E-state index in [2.05, 4.69) is 12.2 Å². The lowest BCUT2D eigenvalue weighted by molar-refractivity contribution is -0.143. The normalized spacial score (nSPS) is 11.3. The molecule has 36 heavy (non-hydrogen) atoms. The molecule has 1 aromatic rings. The van der Waals surface area contributed by atoms with Crippen molar-refractivity contribution in [3.63, 3.8) is 0 Å². The smallest absolute Gasteiger partial charge is 0.468 e. The van der Waals surface area contributed by atoms with Crippen molar-refractivity contribution in [2.75, 3.05) is 26.9 Å². The number of unbranched alkanes of at least 4 members (excludes halogenated alkanes) is 2. The van der Waals surface area contributed by atoms with E-state index in [1.165, 1.54) is 13.2 Å². The average molecular weight is 510 g/mol. The molecule has 0 fully saturated rings. The maximum atomic E-state index is 12.3. The van der Waals surface area contributed by atoms with E-state index in [1.807, 2.05) is 13.8 Å². The summed E-state index contributed by atoms with van der Waals surface area (Å²) in [7, 11) is 1.27. The van der Waals surface area contributed by atoms with Crippen molar-refractivity contribution in [1.29, 1.82) is 0 Å². The van der Waals surface area contributed by atoms with E-state index < -0.39 is 30.1 Å². The predicted molar refractivity (Wildman–Crippen MR) is 132 cm³/mol. The SMILES string of the molecule is CCCCCOC(=O)OCCN[C@@H](Cc1ccc(OC(=O)CCC)c(OC(=O)CCC)c1)C(=O)OC. The van der Waals surface area contributed by atoms with Crippen molar-refractivity contribution in [1.82, 2.24) is 5.32 Å². The quantitative estimate of drug-likeness (QED) is 0.186. The van der Waals surface area contributed by atoms with Crippen LogP contribution in [-0.2, 0) is 35.0 Å². The Morgan fingerprint density at radius 3 is 2.08 bits per heavy atom. The third-order valence-corrected chi connectivity index (χ3v) is 4.97. The van der Waals surface area contributed by atoms with Gasteiger partial charge in [-0.25, -0.2) is 4.79 Å². The largest absolute Gasteiger partial charge is 0.508 e. The minimum absolute atomic E-state index is 0.00625. The molecule has 1 rings (SSSR count). The van der Waals surface area contributed by atoms with E-state index in [0.717, 1.165) is 19.3 Å². The highest BCUT2D eigenvalue weighted by Crippen LogP contribution is 2.30. The van der Waals surface area contributed by atoms with Gasteiger partial charge < -0.3 is 29.0 Å². The van der Waals surface area contributed by atoms with Gasteiger partial charge in [0.1, 0.15) is 12.6 Å². The first kappa shape index (κ1) is 30.9. The number of nitrogens with one attached hydrogen (secondary N) is 1. The Balaban J connectivity index is 2.81. The molecule has 0 aromatic heterocycles. The number of benzene rings is 1. The third-order valence-electron chi connectivity index (χ3n) is 4.97. The summed E-state index contributed by atoms with van der Waals surface area (Å²) in [4.78, 5) is 48.0. The molecule has 1 atom stereocenters. The molecule has 0 unspecified atom stereocenters. The summed E-state index contributed by atoms with van der Waals surface area (Å²) in [6.45, 7) is 6.26. The first-order valence-electron chi connectivity index (χ1n) is 12.5. The zero-order chi connectivity index (χ0) is 26.8. The molecule has 0 heterocycles. The van der Waals surface area contributed by atoms with Gasteiger partial charge in [0.2, 0.25) is 0 Å². The molecule has 0 bridgehead atoms. The summed E-state index contributed by atoms with van der Waals surface area (Å²) in [5.74, 6) is -1.16. The Hall–Kier alpha value is -3.14. The van der Waals surface area contributed by atoms with Crippen molar-refractivity contribution < 1.29 is 42.9 Å². The van der Waals surface area contributed by atoms with Crippen molar-refractivity contribution in [2.45, 2.75) is 78.2 Å². The van der Waals surface area contributed by atoms with Gasteiger partial charge in [0.25, 0.3) is 0 Å². The molecule has 0 spiro atoms. The zero-order valence-corrected chi connectivity index (χ0v) is 21.8. The Kier molecular flexibility index (Phi) is 15.6. The van der Waals surface area contributed by atoms with Crippen LogP contribution < -0.4 is 14.8 Å². The molecule has 0 aliphatic heterocycles. The number of carbonyl (C=O) groups excluding carboxylic acids is 4. The average Bonchev–Trinajstić information content (AvgIpc) is 2.85. The summed E-state index contributed by atoms with van der Waals surface area (Å²) in [5.41, 5.74) is 0.642. The number of rotatable bonds is 17. The molecule has 0 radical (unpaired) electrons. The second kappa shape index (κ2) is 18.2. The maximum absolute atomic E-state index is 12.3. The van der Waals surface area contributed by atoms with Gasteiger partial charge in [-0.3, -0.25) is 14.4 Å². The number of esters is 3. The number of hydrogen-bond acceptors (Lipinski definition) is 10. The van der Waals surface area contributed by atoms with Crippen LogP contribution in [0, 0.1) is 0 Å². The first-order chi connectivity index (χ1) is 17.3. The van der Waals surface area contributed by atoms with Crippen LogP contribution in [0.5, 0.6) is 11.5 Å². The van der Waals surface area contributed by atoms with Gasteiger partial charge in [0.15, 0.2) is 11.5 Å². The van der Waals surface area contributed by atoms with Gasteiger partial charge in [-0.1, -0.05) is 39.7 Å². The van der Waals surface area contributed by atoms with Gasteiger partial charge in [0, 0.05) is 19.4 Å². The molecule has 0 saturated heterocycles. The number of methoxy groups -OCH3 is 1. The van der Waals surface area contributed by atoms with E-state index in [0.29, 0.717) is 25.0 Å². The fourth-order valence-corrected chi connectivity index (χ4v) is 3.13. The molecule has 1 aromatic carbocycles. The Bertz CT molecular complexity index is 841.